The molecule has 3 aromatic rings. The maximum atomic E-state index is 9.75. The Hall–Kier alpha value is -2.57. The molecular formula is C22H25BF4O2. The second-order valence-corrected chi connectivity index (χ2v) is 6.81. The predicted molar refractivity (Wildman–Crippen MR) is 111 cm³/mol. The normalized spacial score (nSPS) is 11.3. The van der Waals surface area contributed by atoms with Crippen LogP contribution >= 0.6 is 0 Å². The van der Waals surface area contributed by atoms with Crippen LogP contribution in [0, 0.1) is 12.8 Å². The second kappa shape index (κ2) is 10.3. The Kier molecular flexibility index (Phi) is 8.05. The molecule has 1 heterocycles. The highest BCUT2D eigenvalue weighted by atomic mass is 19.5. The van der Waals surface area contributed by atoms with Gasteiger partial charge in [0.15, 0.2) is 0 Å². The average Bonchev–Trinajstić information content (AvgIpc) is 2.68. The van der Waals surface area contributed by atoms with Crippen LogP contribution in [0.25, 0.3) is 22.3 Å². The van der Waals surface area contributed by atoms with Crippen molar-refractivity contribution in [3.05, 3.63) is 60.2 Å². The minimum atomic E-state index is -6.00. The summed E-state index contributed by atoms with van der Waals surface area (Å²) in [7, 11) is -6.00. The molecule has 0 amide bonds. The van der Waals surface area contributed by atoms with Crippen molar-refractivity contribution < 1.29 is 26.4 Å². The molecule has 0 aliphatic heterocycles. The van der Waals surface area contributed by atoms with Gasteiger partial charge in [-0.2, -0.15) is 0 Å². The molecule has 156 valence electrons. The fraction of sp³-hybridized carbons (Fsp3) is 0.318. The number of halogens is 4. The van der Waals surface area contributed by atoms with E-state index in [1.807, 2.05) is 30.3 Å². The van der Waals surface area contributed by atoms with Crippen LogP contribution in [0.4, 0.5) is 17.3 Å². The molecule has 0 N–H and O–H groups in total. The van der Waals surface area contributed by atoms with E-state index in [0.717, 1.165) is 47.5 Å². The average molecular weight is 408 g/mol. The van der Waals surface area contributed by atoms with Crippen LogP contribution in [0.2, 0.25) is 0 Å². The monoisotopic (exact) mass is 408 g/mol. The number of hydrogen-bond acceptors (Lipinski definition) is 1. The van der Waals surface area contributed by atoms with Crippen molar-refractivity contribution in [3.63, 3.8) is 0 Å². The van der Waals surface area contributed by atoms with Gasteiger partial charge in [0.2, 0.25) is 0 Å². The Morgan fingerprint density at radius 3 is 2.14 bits per heavy atom. The van der Waals surface area contributed by atoms with Gasteiger partial charge in [-0.25, -0.2) is 4.42 Å². The molecule has 0 atom stereocenters. The van der Waals surface area contributed by atoms with Crippen molar-refractivity contribution in [2.24, 2.45) is 5.92 Å². The zero-order valence-electron chi connectivity index (χ0n) is 16.8. The Labute approximate surface area is 168 Å². The minimum absolute atomic E-state index is 0.618. The van der Waals surface area contributed by atoms with Crippen molar-refractivity contribution in [1.29, 1.82) is 0 Å². The first-order valence-electron chi connectivity index (χ1n) is 9.64. The first kappa shape index (κ1) is 22.7. The van der Waals surface area contributed by atoms with E-state index in [1.54, 1.807) is 0 Å². The molecule has 3 rings (SSSR count). The van der Waals surface area contributed by atoms with E-state index in [2.05, 4.69) is 45.0 Å². The summed E-state index contributed by atoms with van der Waals surface area (Å²) in [4.78, 5) is 0. The maximum Gasteiger partial charge on any atom is 0.673 e. The summed E-state index contributed by atoms with van der Waals surface area (Å²) in [5, 5.41) is 1.11. The highest BCUT2D eigenvalue weighted by molar-refractivity contribution is 6.50. The van der Waals surface area contributed by atoms with Gasteiger partial charge in [0.05, 0.1) is 17.6 Å². The topological polar surface area (TPSA) is 20.5 Å². The first-order valence-corrected chi connectivity index (χ1v) is 9.64. The highest BCUT2D eigenvalue weighted by Gasteiger charge is 2.20. The number of fused-ring (bicyclic) bond motifs is 1. The van der Waals surface area contributed by atoms with Gasteiger partial charge in [0.25, 0.3) is 0 Å². The Bertz CT molecular complexity index is 904. The van der Waals surface area contributed by atoms with E-state index in [9.17, 15) is 17.3 Å². The van der Waals surface area contributed by atoms with Crippen LogP contribution < -0.4 is 4.74 Å². The van der Waals surface area contributed by atoms with Gasteiger partial charge in [0, 0.05) is 12.1 Å². The van der Waals surface area contributed by atoms with Gasteiger partial charge in [-0.3, -0.25) is 0 Å². The smallest absolute Gasteiger partial charge is 0.493 e. The van der Waals surface area contributed by atoms with E-state index in [1.165, 1.54) is 5.56 Å². The van der Waals surface area contributed by atoms with E-state index >= 15 is 0 Å². The van der Waals surface area contributed by atoms with E-state index in [0.29, 0.717) is 5.92 Å². The molecule has 0 radical (unpaired) electrons. The predicted octanol–water partition coefficient (Wildman–Crippen LogP) is 7.80. The molecule has 0 saturated heterocycles. The second-order valence-electron chi connectivity index (χ2n) is 6.81. The quantitative estimate of drug-likeness (QED) is 0.236. The summed E-state index contributed by atoms with van der Waals surface area (Å²) in [6.07, 6.45) is 2.30. The van der Waals surface area contributed by atoms with Crippen LogP contribution in [0.1, 0.15) is 32.3 Å². The summed E-state index contributed by atoms with van der Waals surface area (Å²) in [6, 6.07) is 18.4. The fourth-order valence-electron chi connectivity index (χ4n) is 2.90. The van der Waals surface area contributed by atoms with Gasteiger partial charge in [-0.05, 0) is 42.7 Å². The number of rotatable bonds is 6. The van der Waals surface area contributed by atoms with Crippen molar-refractivity contribution in [1.82, 2.24) is 0 Å². The van der Waals surface area contributed by atoms with Crippen molar-refractivity contribution in [2.45, 2.75) is 33.6 Å². The lowest BCUT2D eigenvalue weighted by atomic mass is 10.1. The first-order chi connectivity index (χ1) is 13.7. The van der Waals surface area contributed by atoms with E-state index in [4.69, 9.17) is 9.15 Å². The molecule has 0 fully saturated rings. The molecule has 0 aliphatic rings. The molecule has 1 aromatic heterocycles. The zero-order chi connectivity index (χ0) is 21.4. The molecule has 2 aromatic carbocycles. The molecule has 0 aliphatic carbocycles. The van der Waals surface area contributed by atoms with Crippen molar-refractivity contribution in [2.75, 3.05) is 6.61 Å². The molecule has 29 heavy (non-hydrogen) atoms. The number of ether oxygens (including phenoxy) is 1. The molecule has 0 unspecified atom stereocenters. The van der Waals surface area contributed by atoms with Crippen LogP contribution in [0.15, 0.2) is 59.0 Å². The highest BCUT2D eigenvalue weighted by Crippen LogP contribution is 2.30. The zero-order valence-corrected chi connectivity index (χ0v) is 16.8. The Balaban J connectivity index is 0.000000537. The van der Waals surface area contributed by atoms with Crippen LogP contribution in [-0.4, -0.2) is 13.9 Å². The lowest BCUT2D eigenvalue weighted by molar-refractivity contribution is 0.241. The summed E-state index contributed by atoms with van der Waals surface area (Å²) >= 11 is 0. The molecule has 0 spiro atoms. The third-order valence-electron chi connectivity index (χ3n) is 4.64. The summed E-state index contributed by atoms with van der Waals surface area (Å²) in [5.74, 6) is 2.43. The van der Waals surface area contributed by atoms with Crippen LogP contribution in [0.5, 0.6) is 5.75 Å². The van der Waals surface area contributed by atoms with Gasteiger partial charge in [-0.1, -0.05) is 44.9 Å². The van der Waals surface area contributed by atoms with Crippen LogP contribution in [0.3, 0.4) is 0 Å². The molecule has 7 heteroatoms. The lowest BCUT2D eigenvalue weighted by Gasteiger charge is -2.13. The molecule has 0 saturated carbocycles. The van der Waals surface area contributed by atoms with Gasteiger partial charge in [0.1, 0.15) is 5.75 Å². The molecule has 2 nitrogen and oxygen atoms in total. The maximum absolute atomic E-state index is 9.75. The van der Waals surface area contributed by atoms with Crippen LogP contribution in [-0.2, 0) is 0 Å². The van der Waals surface area contributed by atoms with Gasteiger partial charge < -0.3 is 22.0 Å². The van der Waals surface area contributed by atoms with E-state index < -0.39 is 7.25 Å². The minimum Gasteiger partial charge on any atom is -0.493 e. The van der Waals surface area contributed by atoms with Crippen molar-refractivity contribution >= 4 is 18.2 Å². The SMILES string of the molecule is CCC(CC)COc1ccc2[o+]c(-c3ccccc3)cc(C)c2c1.F[B-](F)(F)F. The molecule has 0 bridgehead atoms. The Morgan fingerprint density at radius 1 is 0.931 bits per heavy atom. The fourth-order valence-corrected chi connectivity index (χ4v) is 2.90. The largest absolute Gasteiger partial charge is 0.673 e. The van der Waals surface area contributed by atoms with Crippen molar-refractivity contribution in [3.8, 4) is 17.1 Å². The third kappa shape index (κ3) is 7.40. The van der Waals surface area contributed by atoms with E-state index in [-0.39, 0.29) is 0 Å². The number of benzene rings is 2. The summed E-state index contributed by atoms with van der Waals surface area (Å²) in [6.45, 7) is 7.32. The van der Waals surface area contributed by atoms with Gasteiger partial charge in [-0.15, -0.1) is 0 Å². The molecular weight excluding hydrogens is 383 g/mol. The summed E-state index contributed by atoms with van der Waals surface area (Å²) < 4.78 is 51.1. The standard InChI is InChI=1S/C22H25O2.BF4/c1-4-17(5-2)15-23-19-11-12-21-20(14-19)16(3)13-22(24-21)18-9-7-6-8-10-18;2-1(3,4)5/h6-14,17H,4-5,15H2,1-3H3;/q+1;-1. The lowest BCUT2D eigenvalue weighted by Crippen LogP contribution is -2.09. The number of aryl methyl sites for hydroxylation is 1. The summed E-state index contributed by atoms with van der Waals surface area (Å²) in [5.41, 5.74) is 3.18. The van der Waals surface area contributed by atoms with Gasteiger partial charge >= 0.3 is 18.6 Å². The Morgan fingerprint density at radius 2 is 1.55 bits per heavy atom. The third-order valence-corrected chi connectivity index (χ3v) is 4.64. The number of hydrogen-bond donors (Lipinski definition) is 0.